The average molecular weight is 618 g/mol. The molecule has 4 unspecified atom stereocenters. The molecule has 0 radical (unpaired) electrons. The Balaban J connectivity index is 1.53. The first-order chi connectivity index (χ1) is 21.5. The first kappa shape index (κ1) is 32.7. The van der Waals surface area contributed by atoms with Crippen molar-refractivity contribution in [1.82, 2.24) is 30.9 Å². The number of H-pyrrole nitrogens is 2. The summed E-state index contributed by atoms with van der Waals surface area (Å²) in [5.41, 5.74) is 9.00. The van der Waals surface area contributed by atoms with Gasteiger partial charge in [-0.05, 0) is 48.1 Å². The Morgan fingerprint density at radius 3 is 2.18 bits per heavy atom. The standard InChI is InChI=1S/C32H39N7O6/c1-18(2)11-26(37-29(41)24(33)12-19-7-9-22(40)10-8-19)30(42)38-27(13-20-15-35-25-6-4-3-5-23(20)25)31(43)39-28(32(44)45)14-21-16-34-17-36-21/h3-10,15-18,24,26-28,35,40H,11-14,33H2,1-2H3,(H,34,36)(H,37,41)(H,38,42)(H,39,43)(H,44,45). The van der Waals surface area contributed by atoms with Crippen LogP contribution in [0.1, 0.15) is 37.1 Å². The molecular formula is C32H39N7O6. The molecule has 4 aromatic rings. The number of phenolic OH excluding ortho intramolecular Hbond substituents is 1. The molecule has 2 heterocycles. The van der Waals surface area contributed by atoms with E-state index in [2.05, 4.69) is 30.9 Å². The normalized spacial score (nSPS) is 14.0. The Hall–Kier alpha value is -5.17. The van der Waals surface area contributed by atoms with Crippen molar-refractivity contribution in [3.8, 4) is 5.75 Å². The molecule has 3 amide bonds. The number of hydrogen-bond donors (Lipinski definition) is 8. The lowest BCUT2D eigenvalue weighted by Gasteiger charge is -2.26. The zero-order valence-electron chi connectivity index (χ0n) is 25.1. The number of carboxylic acids is 1. The van der Waals surface area contributed by atoms with Gasteiger partial charge in [-0.1, -0.05) is 44.2 Å². The summed E-state index contributed by atoms with van der Waals surface area (Å²) in [5, 5.41) is 28.3. The Bertz CT molecular complexity index is 1600. The van der Waals surface area contributed by atoms with Gasteiger partial charge in [0.05, 0.1) is 12.4 Å². The van der Waals surface area contributed by atoms with E-state index in [0.29, 0.717) is 5.69 Å². The molecule has 45 heavy (non-hydrogen) atoms. The number of aromatic nitrogens is 3. The van der Waals surface area contributed by atoms with Crippen LogP contribution in [0.4, 0.5) is 0 Å². The largest absolute Gasteiger partial charge is 0.508 e. The van der Waals surface area contributed by atoms with E-state index in [1.807, 2.05) is 38.1 Å². The Morgan fingerprint density at radius 1 is 0.844 bits per heavy atom. The summed E-state index contributed by atoms with van der Waals surface area (Å²) in [6, 6.07) is 9.36. The van der Waals surface area contributed by atoms with Gasteiger partial charge in [0.25, 0.3) is 0 Å². The molecule has 0 aliphatic rings. The van der Waals surface area contributed by atoms with Gasteiger partial charge in [0, 0.05) is 41.8 Å². The monoisotopic (exact) mass is 617 g/mol. The second-order valence-electron chi connectivity index (χ2n) is 11.5. The predicted molar refractivity (Wildman–Crippen MR) is 167 cm³/mol. The maximum Gasteiger partial charge on any atom is 0.326 e. The van der Waals surface area contributed by atoms with Gasteiger partial charge in [0.15, 0.2) is 0 Å². The highest BCUT2D eigenvalue weighted by atomic mass is 16.4. The first-order valence-corrected chi connectivity index (χ1v) is 14.7. The summed E-state index contributed by atoms with van der Waals surface area (Å²) in [6.45, 7) is 3.79. The molecule has 9 N–H and O–H groups in total. The highest BCUT2D eigenvalue weighted by Gasteiger charge is 2.31. The maximum absolute atomic E-state index is 13.7. The van der Waals surface area contributed by atoms with Crippen molar-refractivity contribution in [2.45, 2.75) is 63.7 Å². The van der Waals surface area contributed by atoms with E-state index in [1.165, 1.54) is 24.7 Å². The molecule has 0 bridgehead atoms. The molecule has 0 aliphatic heterocycles. The molecule has 4 rings (SSSR count). The lowest BCUT2D eigenvalue weighted by molar-refractivity contribution is -0.142. The van der Waals surface area contributed by atoms with Crippen molar-refractivity contribution >= 4 is 34.6 Å². The number of aliphatic carboxylic acids is 1. The fraction of sp³-hybridized carbons (Fsp3) is 0.344. The van der Waals surface area contributed by atoms with Gasteiger partial charge in [-0.25, -0.2) is 9.78 Å². The molecule has 13 heteroatoms. The average Bonchev–Trinajstić information content (AvgIpc) is 3.67. The molecular weight excluding hydrogens is 578 g/mol. The number of fused-ring (bicyclic) bond motifs is 1. The predicted octanol–water partition coefficient (Wildman–Crippen LogP) is 1.54. The van der Waals surface area contributed by atoms with Crippen LogP contribution in [0.15, 0.2) is 67.3 Å². The van der Waals surface area contributed by atoms with Gasteiger partial charge in [-0.2, -0.15) is 0 Å². The Morgan fingerprint density at radius 2 is 1.51 bits per heavy atom. The number of phenols is 1. The Labute approximate surface area is 260 Å². The van der Waals surface area contributed by atoms with E-state index < -0.39 is 47.9 Å². The van der Waals surface area contributed by atoms with Crippen molar-refractivity contribution in [3.63, 3.8) is 0 Å². The summed E-state index contributed by atoms with van der Waals surface area (Å²) in [7, 11) is 0. The number of carbonyl (C=O) groups excluding carboxylic acids is 3. The molecule has 0 fully saturated rings. The topological polar surface area (TPSA) is 215 Å². The third kappa shape index (κ3) is 9.16. The smallest absolute Gasteiger partial charge is 0.326 e. The third-order valence-electron chi connectivity index (χ3n) is 7.39. The first-order valence-electron chi connectivity index (χ1n) is 14.7. The Kier molecular flexibility index (Phi) is 10.9. The number of nitrogens with two attached hydrogens (primary N) is 1. The zero-order valence-corrected chi connectivity index (χ0v) is 25.1. The minimum atomic E-state index is -1.29. The highest BCUT2D eigenvalue weighted by Crippen LogP contribution is 2.20. The van der Waals surface area contributed by atoms with Gasteiger partial charge < -0.3 is 41.9 Å². The van der Waals surface area contributed by atoms with Crippen LogP contribution < -0.4 is 21.7 Å². The summed E-state index contributed by atoms with van der Waals surface area (Å²) in [4.78, 5) is 62.3. The van der Waals surface area contributed by atoms with Crippen LogP contribution in [-0.4, -0.2) is 73.0 Å². The molecule has 238 valence electrons. The van der Waals surface area contributed by atoms with Gasteiger partial charge >= 0.3 is 5.97 Å². The quantitative estimate of drug-likeness (QED) is 0.0977. The summed E-state index contributed by atoms with van der Waals surface area (Å²) >= 11 is 0. The number of imidazole rings is 1. The fourth-order valence-corrected chi connectivity index (χ4v) is 5.05. The molecule has 0 spiro atoms. The van der Waals surface area contributed by atoms with Crippen molar-refractivity contribution in [2.24, 2.45) is 11.7 Å². The lowest BCUT2D eigenvalue weighted by Crippen LogP contribution is -2.58. The molecule has 0 aliphatic carbocycles. The zero-order chi connectivity index (χ0) is 32.5. The van der Waals surface area contributed by atoms with E-state index in [0.717, 1.165) is 22.0 Å². The lowest BCUT2D eigenvalue weighted by atomic mass is 9.99. The van der Waals surface area contributed by atoms with Crippen LogP contribution in [0.3, 0.4) is 0 Å². The van der Waals surface area contributed by atoms with Crippen molar-refractivity contribution in [1.29, 1.82) is 0 Å². The second kappa shape index (κ2) is 15.0. The van der Waals surface area contributed by atoms with E-state index in [4.69, 9.17) is 5.73 Å². The molecule has 2 aromatic heterocycles. The van der Waals surface area contributed by atoms with E-state index in [1.54, 1.807) is 18.3 Å². The summed E-state index contributed by atoms with van der Waals surface area (Å²) in [5.74, 6) is -3.00. The van der Waals surface area contributed by atoms with Crippen LogP contribution >= 0.6 is 0 Å². The second-order valence-corrected chi connectivity index (χ2v) is 11.5. The highest BCUT2D eigenvalue weighted by molar-refractivity contribution is 5.95. The number of nitrogens with zero attached hydrogens (tertiary/aromatic N) is 1. The minimum Gasteiger partial charge on any atom is -0.508 e. The number of rotatable bonds is 15. The number of hydrogen-bond acceptors (Lipinski definition) is 7. The number of carbonyl (C=O) groups is 4. The van der Waals surface area contributed by atoms with Crippen LogP contribution in [0.5, 0.6) is 5.75 Å². The van der Waals surface area contributed by atoms with Crippen molar-refractivity contribution in [3.05, 3.63) is 84.1 Å². The van der Waals surface area contributed by atoms with Crippen LogP contribution in [0.25, 0.3) is 10.9 Å². The minimum absolute atomic E-state index is 0.000984. The fourth-order valence-electron chi connectivity index (χ4n) is 5.05. The van der Waals surface area contributed by atoms with Crippen LogP contribution in [0, 0.1) is 5.92 Å². The number of carboxylic acid groups (broad SMARTS) is 1. The molecule has 0 saturated heterocycles. The third-order valence-corrected chi connectivity index (χ3v) is 7.39. The van der Waals surface area contributed by atoms with E-state index in [-0.39, 0.29) is 37.4 Å². The van der Waals surface area contributed by atoms with Gasteiger partial charge in [0.2, 0.25) is 17.7 Å². The summed E-state index contributed by atoms with van der Waals surface area (Å²) < 4.78 is 0. The summed E-state index contributed by atoms with van der Waals surface area (Å²) in [6.07, 6.45) is 5.09. The number of aromatic amines is 2. The number of aromatic hydroxyl groups is 1. The van der Waals surface area contributed by atoms with Crippen LogP contribution in [0.2, 0.25) is 0 Å². The number of benzene rings is 2. The number of nitrogens with one attached hydrogen (secondary N) is 5. The van der Waals surface area contributed by atoms with E-state index in [9.17, 15) is 29.4 Å². The molecule has 4 atom stereocenters. The SMILES string of the molecule is CC(C)CC(NC(=O)C(N)Cc1ccc(O)cc1)C(=O)NC(Cc1c[nH]c2ccccc12)C(=O)NC(Cc1cnc[nH]1)C(=O)O. The van der Waals surface area contributed by atoms with Gasteiger partial charge in [-0.3, -0.25) is 14.4 Å². The van der Waals surface area contributed by atoms with Crippen molar-refractivity contribution < 1.29 is 29.4 Å². The molecule has 0 saturated carbocycles. The van der Waals surface area contributed by atoms with Crippen molar-refractivity contribution in [2.75, 3.05) is 0 Å². The molecule has 13 nitrogen and oxygen atoms in total. The number of amides is 3. The number of para-hydroxylation sites is 1. The van der Waals surface area contributed by atoms with E-state index >= 15 is 0 Å². The molecule has 2 aromatic carbocycles. The van der Waals surface area contributed by atoms with Crippen LogP contribution in [-0.2, 0) is 38.4 Å². The van der Waals surface area contributed by atoms with Gasteiger partial charge in [0.1, 0.15) is 23.9 Å². The van der Waals surface area contributed by atoms with Gasteiger partial charge in [-0.15, -0.1) is 0 Å². The maximum atomic E-state index is 13.7.